The second-order valence-electron chi connectivity index (χ2n) is 4.15. The lowest BCUT2D eigenvalue weighted by Crippen LogP contribution is -2.00. The van der Waals surface area contributed by atoms with Crippen molar-refractivity contribution in [2.24, 2.45) is 5.16 Å². The molecule has 10 heteroatoms. The highest BCUT2D eigenvalue weighted by molar-refractivity contribution is 7.99. The number of rotatable bonds is 8. The van der Waals surface area contributed by atoms with Crippen LogP contribution in [0.3, 0.4) is 0 Å². The van der Waals surface area contributed by atoms with Crippen LogP contribution in [-0.2, 0) is 16.2 Å². The van der Waals surface area contributed by atoms with Gasteiger partial charge in [-0.1, -0.05) is 23.4 Å². The number of nitrogens with zero attached hydrogens (tertiary/aromatic N) is 4. The van der Waals surface area contributed by atoms with Crippen LogP contribution in [0.2, 0.25) is 0 Å². The van der Waals surface area contributed by atoms with E-state index >= 15 is 0 Å². The average molecular weight is 350 g/mol. The van der Waals surface area contributed by atoms with E-state index in [1.807, 2.05) is 24.3 Å². The predicted molar refractivity (Wildman–Crippen MR) is 84.4 cm³/mol. The van der Waals surface area contributed by atoms with Crippen molar-refractivity contribution in [1.82, 2.24) is 15.0 Å². The molecule has 24 heavy (non-hydrogen) atoms. The Morgan fingerprint density at radius 2 is 1.88 bits per heavy atom. The summed E-state index contributed by atoms with van der Waals surface area (Å²) in [5.41, 5.74) is 0.795. The smallest absolute Gasteiger partial charge is 0.350 e. The minimum Gasteiger partial charge on any atom is -0.477 e. The second kappa shape index (κ2) is 8.67. The van der Waals surface area contributed by atoms with Crippen LogP contribution < -0.4 is 9.47 Å². The van der Waals surface area contributed by atoms with Gasteiger partial charge < -0.3 is 19.4 Å². The van der Waals surface area contributed by atoms with Crippen molar-refractivity contribution in [3.8, 4) is 12.0 Å². The molecule has 0 aliphatic carbocycles. The first-order valence-corrected chi connectivity index (χ1v) is 7.42. The van der Waals surface area contributed by atoms with E-state index in [9.17, 15) is 4.79 Å². The molecule has 2 aromatic rings. The number of aliphatic carboxylic acids is 1. The zero-order valence-corrected chi connectivity index (χ0v) is 13.7. The largest absolute Gasteiger partial charge is 0.477 e. The van der Waals surface area contributed by atoms with Crippen LogP contribution in [0.1, 0.15) is 5.56 Å². The number of carboxylic acid groups (broad SMARTS) is 1. The molecule has 0 bridgehead atoms. The Hall–Kier alpha value is -2.88. The highest BCUT2D eigenvalue weighted by Crippen LogP contribution is 2.30. The molecule has 0 amide bonds. The molecule has 126 valence electrons. The summed E-state index contributed by atoms with van der Waals surface area (Å²) in [7, 11) is 2.90. The summed E-state index contributed by atoms with van der Waals surface area (Å²) in [5, 5.41) is 12.2. The van der Waals surface area contributed by atoms with Gasteiger partial charge in [0.15, 0.2) is 6.21 Å². The van der Waals surface area contributed by atoms with Crippen LogP contribution in [0.25, 0.3) is 0 Å². The van der Waals surface area contributed by atoms with E-state index in [-0.39, 0.29) is 18.6 Å². The first kappa shape index (κ1) is 17.5. The fraction of sp³-hybridized carbons (Fsp3) is 0.214. The Morgan fingerprint density at radius 1 is 1.21 bits per heavy atom. The van der Waals surface area contributed by atoms with Gasteiger partial charge in [-0.15, -0.1) is 4.98 Å². The lowest BCUT2D eigenvalue weighted by atomic mass is 10.2. The number of carbonyl (C=O) groups is 1. The van der Waals surface area contributed by atoms with E-state index < -0.39 is 5.97 Å². The Labute approximate surface area is 141 Å². The van der Waals surface area contributed by atoms with Gasteiger partial charge in [0.1, 0.15) is 6.61 Å². The van der Waals surface area contributed by atoms with Gasteiger partial charge in [0, 0.05) is 10.5 Å². The molecule has 9 nitrogen and oxygen atoms in total. The molecule has 1 aromatic carbocycles. The van der Waals surface area contributed by atoms with E-state index in [1.165, 1.54) is 26.0 Å². The third-order valence-corrected chi connectivity index (χ3v) is 3.55. The van der Waals surface area contributed by atoms with Crippen LogP contribution in [0.4, 0.5) is 0 Å². The molecular weight excluding hydrogens is 336 g/mol. The average Bonchev–Trinajstić information content (AvgIpc) is 2.59. The fourth-order valence-electron chi connectivity index (χ4n) is 1.56. The lowest BCUT2D eigenvalue weighted by Gasteiger charge is -2.08. The zero-order valence-electron chi connectivity index (χ0n) is 12.9. The highest BCUT2D eigenvalue weighted by Gasteiger charge is 2.11. The van der Waals surface area contributed by atoms with Gasteiger partial charge in [-0.25, -0.2) is 4.79 Å². The number of hydrogen-bond donors (Lipinski definition) is 1. The Kier molecular flexibility index (Phi) is 6.32. The monoisotopic (exact) mass is 350 g/mol. The van der Waals surface area contributed by atoms with E-state index in [2.05, 4.69) is 20.1 Å². The molecule has 0 spiro atoms. The van der Waals surface area contributed by atoms with Crippen molar-refractivity contribution in [1.29, 1.82) is 0 Å². The van der Waals surface area contributed by atoms with Gasteiger partial charge in [0.05, 0.1) is 14.2 Å². The maximum atomic E-state index is 10.4. The van der Waals surface area contributed by atoms with Crippen molar-refractivity contribution < 1.29 is 24.2 Å². The van der Waals surface area contributed by atoms with Crippen molar-refractivity contribution in [3.63, 3.8) is 0 Å². The van der Waals surface area contributed by atoms with Crippen LogP contribution in [-0.4, -0.2) is 46.5 Å². The van der Waals surface area contributed by atoms with Crippen molar-refractivity contribution in [3.05, 3.63) is 29.8 Å². The number of aromatic nitrogens is 3. The number of hydrogen-bond acceptors (Lipinski definition) is 9. The molecule has 0 aliphatic rings. The minimum absolute atomic E-state index is 0.103. The molecule has 0 radical (unpaired) electrons. The Morgan fingerprint density at radius 3 is 2.50 bits per heavy atom. The zero-order chi connectivity index (χ0) is 17.4. The number of benzene rings is 1. The van der Waals surface area contributed by atoms with Crippen molar-refractivity contribution >= 4 is 23.9 Å². The quantitative estimate of drug-likeness (QED) is 0.560. The predicted octanol–water partition coefficient (Wildman–Crippen LogP) is 1.63. The summed E-state index contributed by atoms with van der Waals surface area (Å²) < 4.78 is 10.0. The SMILES string of the molecule is COc1nc(OC)nc(Sc2ccccc2CON=CC(=O)O)n1. The molecule has 0 fully saturated rings. The molecule has 1 N–H and O–H groups in total. The van der Waals surface area contributed by atoms with E-state index in [0.29, 0.717) is 11.4 Å². The summed E-state index contributed by atoms with van der Waals surface area (Å²) in [6.45, 7) is 0.103. The molecule has 0 saturated carbocycles. The van der Waals surface area contributed by atoms with Gasteiger partial charge in [-0.3, -0.25) is 0 Å². The lowest BCUT2D eigenvalue weighted by molar-refractivity contribution is -0.129. The van der Waals surface area contributed by atoms with Crippen LogP contribution in [0, 0.1) is 0 Å². The molecule has 0 unspecified atom stereocenters. The van der Waals surface area contributed by atoms with Crippen LogP contribution in [0.15, 0.2) is 39.5 Å². The van der Waals surface area contributed by atoms with Crippen molar-refractivity contribution in [2.45, 2.75) is 16.7 Å². The summed E-state index contributed by atoms with van der Waals surface area (Å²) in [6, 6.07) is 7.65. The summed E-state index contributed by atoms with van der Waals surface area (Å²) >= 11 is 1.27. The molecule has 1 aromatic heterocycles. The molecule has 2 rings (SSSR count). The van der Waals surface area contributed by atoms with Gasteiger partial charge in [0.2, 0.25) is 5.16 Å². The van der Waals surface area contributed by atoms with Gasteiger partial charge >= 0.3 is 18.0 Å². The van der Waals surface area contributed by atoms with Crippen molar-refractivity contribution in [2.75, 3.05) is 14.2 Å². The minimum atomic E-state index is -1.18. The Bertz CT molecular complexity index is 719. The second-order valence-corrected chi connectivity index (χ2v) is 5.16. The molecular formula is C14H14N4O5S. The third-order valence-electron chi connectivity index (χ3n) is 2.57. The number of oxime groups is 1. The summed E-state index contributed by atoms with van der Waals surface area (Å²) in [5.74, 6) is -1.18. The first-order valence-electron chi connectivity index (χ1n) is 6.60. The maximum Gasteiger partial charge on any atom is 0.350 e. The number of methoxy groups -OCH3 is 2. The van der Waals surface area contributed by atoms with E-state index in [1.54, 1.807) is 0 Å². The molecule has 1 heterocycles. The first-order chi connectivity index (χ1) is 11.6. The maximum absolute atomic E-state index is 10.4. The fourth-order valence-corrected chi connectivity index (χ4v) is 2.41. The molecule has 0 aliphatic heterocycles. The van der Waals surface area contributed by atoms with Gasteiger partial charge in [-0.2, -0.15) is 9.97 Å². The standard InChI is InChI=1S/C14H14N4O5S/c1-21-12-16-13(22-2)18-14(17-12)24-10-6-4-3-5-9(10)8-23-15-7-11(19)20/h3-7H,8H2,1-2H3,(H,19,20). The van der Waals surface area contributed by atoms with E-state index in [4.69, 9.17) is 19.4 Å². The topological polar surface area (TPSA) is 116 Å². The van der Waals surface area contributed by atoms with Gasteiger partial charge in [0.25, 0.3) is 0 Å². The number of ether oxygens (including phenoxy) is 2. The van der Waals surface area contributed by atoms with Crippen LogP contribution >= 0.6 is 11.8 Å². The molecule has 0 atom stereocenters. The van der Waals surface area contributed by atoms with E-state index in [0.717, 1.165) is 10.5 Å². The summed E-state index contributed by atoms with van der Waals surface area (Å²) in [6.07, 6.45) is 0.678. The highest BCUT2D eigenvalue weighted by atomic mass is 32.2. The van der Waals surface area contributed by atoms with Gasteiger partial charge in [-0.05, 0) is 17.8 Å². The van der Waals surface area contributed by atoms with Crippen LogP contribution in [0.5, 0.6) is 12.0 Å². The normalized spacial score (nSPS) is 10.6. The summed E-state index contributed by atoms with van der Waals surface area (Å²) in [4.78, 5) is 28.4. The third kappa shape index (κ3) is 5.09. The number of carboxylic acids is 1. The Balaban J connectivity index is 2.16. The molecule has 0 saturated heterocycles.